The normalized spacial score (nSPS) is 10.0. The predicted octanol–water partition coefficient (Wildman–Crippen LogP) is 0.566. The van der Waals surface area contributed by atoms with E-state index in [1.807, 2.05) is 6.92 Å². The highest BCUT2D eigenvalue weighted by molar-refractivity contribution is 5.75. The first-order valence-electron chi connectivity index (χ1n) is 4.64. The summed E-state index contributed by atoms with van der Waals surface area (Å²) in [6, 6.07) is 0. The van der Waals surface area contributed by atoms with E-state index in [4.69, 9.17) is 9.47 Å². The van der Waals surface area contributed by atoms with Crippen molar-refractivity contribution in [3.8, 4) is 0 Å². The molecule has 0 aromatic carbocycles. The van der Waals surface area contributed by atoms with Crippen LogP contribution in [0, 0.1) is 0 Å². The van der Waals surface area contributed by atoms with Crippen molar-refractivity contribution < 1.29 is 14.3 Å². The lowest BCUT2D eigenvalue weighted by Gasteiger charge is -2.04. The van der Waals surface area contributed by atoms with Crippen molar-refractivity contribution in [1.82, 2.24) is 5.32 Å². The van der Waals surface area contributed by atoms with Gasteiger partial charge in [0.05, 0.1) is 6.61 Å². The van der Waals surface area contributed by atoms with E-state index in [-0.39, 0.29) is 5.91 Å². The number of carbonyl (C=O) groups is 1. The van der Waals surface area contributed by atoms with Crippen molar-refractivity contribution in [3.63, 3.8) is 0 Å². The van der Waals surface area contributed by atoms with Crippen molar-refractivity contribution in [1.29, 1.82) is 0 Å². The molecule has 0 aliphatic heterocycles. The maximum absolute atomic E-state index is 11.1. The first-order valence-corrected chi connectivity index (χ1v) is 4.64. The molecule has 4 nitrogen and oxygen atoms in total. The van der Waals surface area contributed by atoms with Crippen LogP contribution in [-0.4, -0.2) is 39.4 Å². The highest BCUT2D eigenvalue weighted by atomic mass is 16.5. The Morgan fingerprint density at radius 2 is 2.15 bits per heavy atom. The van der Waals surface area contributed by atoms with Crippen LogP contribution in [0.25, 0.3) is 0 Å². The van der Waals surface area contributed by atoms with Gasteiger partial charge < -0.3 is 14.8 Å². The summed E-state index contributed by atoms with van der Waals surface area (Å²) in [4.78, 5) is 11.1. The SMILES string of the molecule is CCOCCCC(=O)NCCOC. The summed E-state index contributed by atoms with van der Waals surface area (Å²) < 4.78 is 9.90. The fourth-order valence-electron chi connectivity index (χ4n) is 0.860. The van der Waals surface area contributed by atoms with Crippen LogP contribution in [0.2, 0.25) is 0 Å². The van der Waals surface area contributed by atoms with Gasteiger partial charge in [-0.2, -0.15) is 0 Å². The summed E-state index contributed by atoms with van der Waals surface area (Å²) in [5, 5.41) is 2.74. The van der Waals surface area contributed by atoms with E-state index in [9.17, 15) is 4.79 Å². The number of methoxy groups -OCH3 is 1. The maximum Gasteiger partial charge on any atom is 0.220 e. The Balaban J connectivity index is 3.11. The summed E-state index contributed by atoms with van der Waals surface area (Å²) in [7, 11) is 1.61. The zero-order valence-corrected chi connectivity index (χ0v) is 8.47. The molecule has 0 spiro atoms. The van der Waals surface area contributed by atoms with Crippen molar-refractivity contribution in [2.75, 3.05) is 33.5 Å². The smallest absolute Gasteiger partial charge is 0.220 e. The molecule has 0 atom stereocenters. The van der Waals surface area contributed by atoms with Gasteiger partial charge in [0, 0.05) is 33.3 Å². The molecule has 0 aliphatic rings. The second-order valence-electron chi connectivity index (χ2n) is 2.64. The molecule has 13 heavy (non-hydrogen) atoms. The van der Waals surface area contributed by atoms with Crippen LogP contribution in [-0.2, 0) is 14.3 Å². The van der Waals surface area contributed by atoms with E-state index in [2.05, 4.69) is 5.32 Å². The lowest BCUT2D eigenvalue weighted by Crippen LogP contribution is -2.26. The van der Waals surface area contributed by atoms with Crippen LogP contribution in [0.3, 0.4) is 0 Å². The number of amides is 1. The van der Waals surface area contributed by atoms with E-state index in [1.54, 1.807) is 7.11 Å². The average Bonchev–Trinajstić information content (AvgIpc) is 2.13. The van der Waals surface area contributed by atoms with E-state index >= 15 is 0 Å². The van der Waals surface area contributed by atoms with Gasteiger partial charge in [-0.1, -0.05) is 0 Å². The van der Waals surface area contributed by atoms with Crippen LogP contribution in [0.15, 0.2) is 0 Å². The molecular weight excluding hydrogens is 170 g/mol. The van der Waals surface area contributed by atoms with Crippen LogP contribution < -0.4 is 5.32 Å². The molecular formula is C9H19NO3. The Morgan fingerprint density at radius 1 is 1.38 bits per heavy atom. The Hall–Kier alpha value is -0.610. The lowest BCUT2D eigenvalue weighted by atomic mass is 10.3. The van der Waals surface area contributed by atoms with Gasteiger partial charge in [0.2, 0.25) is 5.91 Å². The third-order valence-corrected chi connectivity index (χ3v) is 1.52. The summed E-state index contributed by atoms with van der Waals surface area (Å²) in [6.45, 7) is 4.47. The summed E-state index contributed by atoms with van der Waals surface area (Å²) >= 11 is 0. The van der Waals surface area contributed by atoms with Gasteiger partial charge in [0.15, 0.2) is 0 Å². The molecule has 0 saturated heterocycles. The topological polar surface area (TPSA) is 47.6 Å². The van der Waals surface area contributed by atoms with Gasteiger partial charge in [0.1, 0.15) is 0 Å². The number of carbonyl (C=O) groups excluding carboxylic acids is 1. The summed E-state index contributed by atoms with van der Waals surface area (Å²) in [5.41, 5.74) is 0. The van der Waals surface area contributed by atoms with Gasteiger partial charge >= 0.3 is 0 Å². The van der Waals surface area contributed by atoms with Crippen LogP contribution in [0.4, 0.5) is 0 Å². The Labute approximate surface area is 79.6 Å². The molecule has 1 N–H and O–H groups in total. The molecule has 1 amide bonds. The first kappa shape index (κ1) is 12.4. The monoisotopic (exact) mass is 189 g/mol. The van der Waals surface area contributed by atoms with Gasteiger partial charge in [-0.05, 0) is 13.3 Å². The number of ether oxygens (including phenoxy) is 2. The van der Waals surface area contributed by atoms with E-state index in [0.717, 1.165) is 6.42 Å². The summed E-state index contributed by atoms with van der Waals surface area (Å²) in [6.07, 6.45) is 1.32. The fraction of sp³-hybridized carbons (Fsp3) is 0.889. The van der Waals surface area contributed by atoms with Crippen LogP contribution >= 0.6 is 0 Å². The molecule has 4 heteroatoms. The third kappa shape index (κ3) is 9.30. The molecule has 0 aliphatic carbocycles. The molecule has 0 fully saturated rings. The minimum absolute atomic E-state index is 0.0664. The Morgan fingerprint density at radius 3 is 2.77 bits per heavy atom. The highest BCUT2D eigenvalue weighted by Gasteiger charge is 1.98. The summed E-state index contributed by atoms with van der Waals surface area (Å²) in [5.74, 6) is 0.0664. The molecule has 0 bridgehead atoms. The van der Waals surface area contributed by atoms with Crippen molar-refractivity contribution in [2.45, 2.75) is 19.8 Å². The first-order chi connectivity index (χ1) is 6.31. The van der Waals surface area contributed by atoms with Crippen LogP contribution in [0.1, 0.15) is 19.8 Å². The Bertz CT molecular complexity index is 128. The minimum atomic E-state index is 0.0664. The van der Waals surface area contributed by atoms with E-state index in [1.165, 1.54) is 0 Å². The fourth-order valence-corrected chi connectivity index (χ4v) is 0.860. The molecule has 0 heterocycles. The second kappa shape index (κ2) is 9.48. The predicted molar refractivity (Wildman–Crippen MR) is 50.6 cm³/mol. The number of hydrogen-bond acceptors (Lipinski definition) is 3. The largest absolute Gasteiger partial charge is 0.383 e. The number of nitrogens with one attached hydrogen (secondary N) is 1. The van der Waals surface area contributed by atoms with Gasteiger partial charge in [-0.25, -0.2) is 0 Å². The quantitative estimate of drug-likeness (QED) is 0.568. The maximum atomic E-state index is 11.1. The van der Waals surface area contributed by atoms with Gasteiger partial charge in [-0.15, -0.1) is 0 Å². The number of hydrogen-bond donors (Lipinski definition) is 1. The average molecular weight is 189 g/mol. The van der Waals surface area contributed by atoms with Crippen LogP contribution in [0.5, 0.6) is 0 Å². The number of rotatable bonds is 8. The van der Waals surface area contributed by atoms with Crippen molar-refractivity contribution in [3.05, 3.63) is 0 Å². The molecule has 0 unspecified atom stereocenters. The van der Waals surface area contributed by atoms with E-state index in [0.29, 0.717) is 32.8 Å². The van der Waals surface area contributed by atoms with Crippen molar-refractivity contribution in [2.24, 2.45) is 0 Å². The molecule has 0 aromatic heterocycles. The molecule has 0 rings (SSSR count). The molecule has 78 valence electrons. The highest BCUT2D eigenvalue weighted by Crippen LogP contribution is 1.89. The van der Waals surface area contributed by atoms with E-state index < -0.39 is 0 Å². The molecule has 0 aromatic rings. The lowest BCUT2D eigenvalue weighted by molar-refractivity contribution is -0.121. The Kier molecular flexibility index (Phi) is 9.03. The minimum Gasteiger partial charge on any atom is -0.383 e. The third-order valence-electron chi connectivity index (χ3n) is 1.52. The second-order valence-corrected chi connectivity index (χ2v) is 2.64. The van der Waals surface area contributed by atoms with Gasteiger partial charge in [-0.3, -0.25) is 4.79 Å². The molecule has 0 radical (unpaired) electrons. The zero-order chi connectivity index (χ0) is 9.94. The standard InChI is InChI=1S/C9H19NO3/c1-3-13-7-4-5-9(11)10-6-8-12-2/h3-8H2,1-2H3,(H,10,11). The molecule has 0 saturated carbocycles. The zero-order valence-electron chi connectivity index (χ0n) is 8.47. The van der Waals surface area contributed by atoms with Gasteiger partial charge in [0.25, 0.3) is 0 Å². The van der Waals surface area contributed by atoms with Crippen molar-refractivity contribution >= 4 is 5.91 Å².